The minimum absolute atomic E-state index is 0.277. The normalized spacial score (nSPS) is 22.9. The first-order valence-electron chi connectivity index (χ1n) is 8.50. The Morgan fingerprint density at radius 3 is 2.91 bits per heavy atom. The fraction of sp³-hybridized carbons (Fsp3) is 0.526. The van der Waals surface area contributed by atoms with Crippen molar-refractivity contribution in [1.29, 1.82) is 0 Å². The maximum Gasteiger partial charge on any atom is 0.339 e. The first-order chi connectivity index (χ1) is 11.2. The van der Waals surface area contributed by atoms with Crippen LogP contribution in [0.1, 0.15) is 49.3 Å². The number of benzene rings is 1. The van der Waals surface area contributed by atoms with E-state index in [0.717, 1.165) is 44.2 Å². The van der Waals surface area contributed by atoms with E-state index in [0.29, 0.717) is 12.2 Å². The molecule has 1 aliphatic carbocycles. The van der Waals surface area contributed by atoms with Crippen molar-refractivity contribution in [2.45, 2.75) is 44.2 Å². The number of hydrogen-bond acceptors (Lipinski definition) is 4. The van der Waals surface area contributed by atoms with Crippen LogP contribution in [-0.2, 0) is 9.53 Å². The minimum Gasteiger partial charge on any atom is -0.462 e. The van der Waals surface area contributed by atoms with Crippen LogP contribution in [-0.4, -0.2) is 42.2 Å². The van der Waals surface area contributed by atoms with E-state index < -0.39 is 12.1 Å². The number of carbonyl (C=O) groups excluding carboxylic acids is 1. The number of esters is 1. The number of nitrogens with zero attached hydrogens (tertiary/aromatic N) is 1. The summed E-state index contributed by atoms with van der Waals surface area (Å²) in [5.41, 5.74) is 2.86. The van der Waals surface area contributed by atoms with E-state index >= 15 is 0 Å². The summed E-state index contributed by atoms with van der Waals surface area (Å²) in [4.78, 5) is 14.5. The van der Waals surface area contributed by atoms with E-state index in [4.69, 9.17) is 4.74 Å². The van der Waals surface area contributed by atoms with E-state index in [1.807, 2.05) is 31.3 Å². The highest BCUT2D eigenvalue weighted by Gasteiger charge is 2.27. The summed E-state index contributed by atoms with van der Waals surface area (Å²) in [7, 11) is 2.05. The van der Waals surface area contributed by atoms with Crippen molar-refractivity contribution in [3.8, 4) is 0 Å². The third-order valence-electron chi connectivity index (χ3n) is 4.96. The Hall–Kier alpha value is -1.65. The molecule has 1 aliphatic heterocycles. The molecular formula is C19H25NO3. The Kier molecular flexibility index (Phi) is 5.13. The average molecular weight is 315 g/mol. The molecule has 3 rings (SSSR count). The van der Waals surface area contributed by atoms with Gasteiger partial charge in [0, 0.05) is 6.04 Å². The molecule has 0 saturated carbocycles. The number of likely N-dealkylation sites (tertiary alicyclic amines) is 1. The van der Waals surface area contributed by atoms with Gasteiger partial charge in [-0.1, -0.05) is 30.3 Å². The fourth-order valence-corrected chi connectivity index (χ4v) is 3.52. The predicted octanol–water partition coefficient (Wildman–Crippen LogP) is 2.92. The second kappa shape index (κ2) is 7.28. The average Bonchev–Trinajstić information content (AvgIpc) is 3.23. The first-order valence-corrected chi connectivity index (χ1v) is 8.50. The topological polar surface area (TPSA) is 49.8 Å². The molecule has 2 aliphatic rings. The summed E-state index contributed by atoms with van der Waals surface area (Å²) in [6.45, 7) is 1.40. The quantitative estimate of drug-likeness (QED) is 0.849. The third-order valence-corrected chi connectivity index (χ3v) is 4.96. The molecule has 0 amide bonds. The summed E-state index contributed by atoms with van der Waals surface area (Å²) >= 11 is 0. The lowest BCUT2D eigenvalue weighted by atomic mass is 9.96. The SMILES string of the molecule is CN1CCC[C@H]1COC(=O)C(O)c1ccccc1C1=CCCC1. The maximum absolute atomic E-state index is 12.3. The Labute approximate surface area is 137 Å². The van der Waals surface area contributed by atoms with Crippen molar-refractivity contribution in [2.24, 2.45) is 0 Å². The van der Waals surface area contributed by atoms with Gasteiger partial charge in [0.05, 0.1) is 0 Å². The van der Waals surface area contributed by atoms with Gasteiger partial charge in [0.25, 0.3) is 0 Å². The van der Waals surface area contributed by atoms with E-state index in [1.165, 1.54) is 5.57 Å². The molecule has 1 aromatic carbocycles. The third kappa shape index (κ3) is 3.65. The van der Waals surface area contributed by atoms with Crippen LogP contribution < -0.4 is 0 Å². The second-order valence-electron chi connectivity index (χ2n) is 6.52. The number of ether oxygens (including phenoxy) is 1. The van der Waals surface area contributed by atoms with Gasteiger partial charge in [-0.05, 0) is 62.4 Å². The number of aliphatic hydroxyl groups excluding tert-OH is 1. The zero-order valence-electron chi connectivity index (χ0n) is 13.7. The number of rotatable bonds is 5. The van der Waals surface area contributed by atoms with Crippen molar-refractivity contribution in [1.82, 2.24) is 4.90 Å². The Bertz CT molecular complexity index is 596. The summed E-state index contributed by atoms with van der Waals surface area (Å²) < 4.78 is 5.38. The van der Waals surface area contributed by atoms with Crippen LogP contribution in [0, 0.1) is 0 Å². The molecule has 4 nitrogen and oxygen atoms in total. The highest BCUT2D eigenvalue weighted by Crippen LogP contribution is 2.32. The molecule has 1 fully saturated rings. The van der Waals surface area contributed by atoms with E-state index in [9.17, 15) is 9.90 Å². The Morgan fingerprint density at radius 2 is 2.22 bits per heavy atom. The van der Waals surface area contributed by atoms with Crippen LogP contribution in [0.15, 0.2) is 30.3 Å². The zero-order chi connectivity index (χ0) is 16.2. The predicted molar refractivity (Wildman–Crippen MR) is 89.8 cm³/mol. The lowest BCUT2D eigenvalue weighted by Crippen LogP contribution is -2.31. The van der Waals surface area contributed by atoms with Crippen molar-refractivity contribution in [3.05, 3.63) is 41.5 Å². The minimum atomic E-state index is -1.21. The maximum atomic E-state index is 12.3. The number of aliphatic hydroxyl groups is 1. The molecule has 0 radical (unpaired) electrons. The number of carbonyl (C=O) groups is 1. The van der Waals surface area contributed by atoms with Gasteiger partial charge in [-0.15, -0.1) is 0 Å². The summed E-state index contributed by atoms with van der Waals surface area (Å²) in [5, 5.41) is 10.5. The van der Waals surface area contributed by atoms with E-state index in [2.05, 4.69) is 11.0 Å². The van der Waals surface area contributed by atoms with Crippen molar-refractivity contribution in [2.75, 3.05) is 20.2 Å². The molecule has 0 bridgehead atoms. The lowest BCUT2D eigenvalue weighted by molar-refractivity contribution is -0.155. The van der Waals surface area contributed by atoms with Gasteiger partial charge >= 0.3 is 5.97 Å². The van der Waals surface area contributed by atoms with Gasteiger partial charge in [-0.25, -0.2) is 4.79 Å². The molecule has 1 unspecified atom stereocenters. The number of allylic oxidation sites excluding steroid dienone is 2. The largest absolute Gasteiger partial charge is 0.462 e. The van der Waals surface area contributed by atoms with E-state index in [1.54, 1.807) is 0 Å². The molecule has 1 saturated heterocycles. The van der Waals surface area contributed by atoms with Crippen molar-refractivity contribution < 1.29 is 14.6 Å². The van der Waals surface area contributed by atoms with Crippen LogP contribution in [0.5, 0.6) is 0 Å². The summed E-state index contributed by atoms with van der Waals surface area (Å²) in [6.07, 6.45) is 6.38. The van der Waals surface area contributed by atoms with Crippen LogP contribution in [0.2, 0.25) is 0 Å². The highest BCUT2D eigenvalue weighted by molar-refractivity contribution is 5.80. The van der Waals surface area contributed by atoms with Crippen molar-refractivity contribution in [3.63, 3.8) is 0 Å². The molecule has 1 aromatic rings. The second-order valence-corrected chi connectivity index (χ2v) is 6.52. The van der Waals surface area contributed by atoms with Gasteiger partial charge in [0.2, 0.25) is 0 Å². The smallest absolute Gasteiger partial charge is 0.339 e. The summed E-state index contributed by atoms with van der Waals surface area (Å²) in [6, 6.07) is 7.88. The fourth-order valence-electron chi connectivity index (χ4n) is 3.52. The molecule has 4 heteroatoms. The monoisotopic (exact) mass is 315 g/mol. The van der Waals surface area contributed by atoms with Crippen molar-refractivity contribution >= 4 is 11.5 Å². The molecule has 2 atom stereocenters. The lowest BCUT2D eigenvalue weighted by Gasteiger charge is -2.21. The van der Waals surface area contributed by atoms with Crippen LogP contribution in [0.3, 0.4) is 0 Å². The first kappa shape index (κ1) is 16.2. The van der Waals surface area contributed by atoms with Crippen LogP contribution in [0.25, 0.3) is 5.57 Å². The van der Waals surface area contributed by atoms with Crippen LogP contribution >= 0.6 is 0 Å². The molecule has 1 heterocycles. The standard InChI is InChI=1S/C19H25NO3/c1-20-12-6-9-15(20)13-23-19(22)18(21)17-11-5-4-10-16(17)14-7-2-3-8-14/h4-5,7,10-11,15,18,21H,2-3,6,8-9,12-13H2,1H3/t15-,18?/m0/s1. The van der Waals surface area contributed by atoms with Gasteiger partial charge < -0.3 is 14.7 Å². The molecule has 0 aromatic heterocycles. The zero-order valence-corrected chi connectivity index (χ0v) is 13.7. The molecule has 1 N–H and O–H groups in total. The Morgan fingerprint density at radius 1 is 1.39 bits per heavy atom. The number of hydrogen-bond donors (Lipinski definition) is 1. The summed E-state index contributed by atoms with van der Waals surface area (Å²) in [5.74, 6) is -0.545. The Balaban J connectivity index is 1.67. The van der Waals surface area contributed by atoms with Crippen LogP contribution in [0.4, 0.5) is 0 Å². The van der Waals surface area contributed by atoms with Gasteiger partial charge in [-0.2, -0.15) is 0 Å². The molecule has 0 spiro atoms. The van der Waals surface area contributed by atoms with Gasteiger partial charge in [-0.3, -0.25) is 0 Å². The highest BCUT2D eigenvalue weighted by atomic mass is 16.5. The number of likely N-dealkylation sites (N-methyl/N-ethyl adjacent to an activating group) is 1. The molecular weight excluding hydrogens is 290 g/mol. The molecule has 124 valence electrons. The van der Waals surface area contributed by atoms with Gasteiger partial charge in [0.1, 0.15) is 6.61 Å². The van der Waals surface area contributed by atoms with E-state index in [-0.39, 0.29) is 6.04 Å². The molecule has 23 heavy (non-hydrogen) atoms. The van der Waals surface area contributed by atoms with Gasteiger partial charge in [0.15, 0.2) is 6.10 Å².